The fraction of sp³-hybridized carbons (Fsp3) is 0.333. The first-order valence-corrected chi connectivity index (χ1v) is 6.97. The van der Waals surface area contributed by atoms with Crippen molar-refractivity contribution in [2.75, 3.05) is 11.9 Å². The fourth-order valence-electron chi connectivity index (χ4n) is 1.89. The maximum atomic E-state index is 13.0. The third-order valence-corrected chi connectivity index (χ3v) is 3.34. The van der Waals surface area contributed by atoms with E-state index < -0.39 is 0 Å². The zero-order chi connectivity index (χ0) is 14.7. The second-order valence-electron chi connectivity index (χ2n) is 4.88. The highest BCUT2D eigenvalue weighted by molar-refractivity contribution is 6.17. The molecule has 0 fully saturated rings. The summed E-state index contributed by atoms with van der Waals surface area (Å²) in [5.74, 6) is 1.08. The SMILES string of the molecule is CC(C)c1ncc(N(C)c2ccc(F)cc2)c(CCl)n1. The largest absolute Gasteiger partial charge is 0.342 e. The van der Waals surface area contributed by atoms with Crippen molar-refractivity contribution in [3.8, 4) is 0 Å². The molecule has 2 rings (SSSR count). The molecule has 0 spiro atoms. The van der Waals surface area contributed by atoms with Gasteiger partial charge in [-0.2, -0.15) is 0 Å². The number of halogens is 2. The Morgan fingerprint density at radius 2 is 1.90 bits per heavy atom. The van der Waals surface area contributed by atoms with Gasteiger partial charge in [0.25, 0.3) is 0 Å². The normalized spacial score (nSPS) is 10.9. The molecule has 3 nitrogen and oxygen atoms in total. The Morgan fingerprint density at radius 1 is 1.25 bits per heavy atom. The zero-order valence-corrected chi connectivity index (χ0v) is 12.5. The minimum absolute atomic E-state index is 0.252. The topological polar surface area (TPSA) is 29.0 Å². The van der Waals surface area contributed by atoms with Gasteiger partial charge in [-0.15, -0.1) is 11.6 Å². The lowest BCUT2D eigenvalue weighted by Crippen LogP contribution is -2.14. The molecule has 1 aromatic heterocycles. The van der Waals surface area contributed by atoms with E-state index in [-0.39, 0.29) is 11.7 Å². The van der Waals surface area contributed by atoms with Crippen molar-refractivity contribution in [2.45, 2.75) is 25.6 Å². The average Bonchev–Trinajstić information content (AvgIpc) is 2.46. The number of hydrogen-bond acceptors (Lipinski definition) is 3. The number of alkyl halides is 1. The lowest BCUT2D eigenvalue weighted by Gasteiger charge is -2.21. The van der Waals surface area contributed by atoms with E-state index in [1.54, 1.807) is 18.3 Å². The summed E-state index contributed by atoms with van der Waals surface area (Å²) in [6.45, 7) is 4.08. The van der Waals surface area contributed by atoms with Crippen molar-refractivity contribution < 1.29 is 4.39 Å². The minimum Gasteiger partial charge on any atom is -0.342 e. The summed E-state index contributed by atoms with van der Waals surface area (Å²) in [6.07, 6.45) is 1.77. The minimum atomic E-state index is -0.258. The monoisotopic (exact) mass is 293 g/mol. The second-order valence-corrected chi connectivity index (χ2v) is 5.15. The highest BCUT2D eigenvalue weighted by Gasteiger charge is 2.13. The standard InChI is InChI=1S/C15H17ClFN3/c1-10(2)15-18-9-14(13(8-16)19-15)20(3)12-6-4-11(17)5-7-12/h4-7,9-10H,8H2,1-3H3. The van der Waals surface area contributed by atoms with Gasteiger partial charge in [-0.25, -0.2) is 14.4 Å². The molecule has 20 heavy (non-hydrogen) atoms. The van der Waals surface area contributed by atoms with Crippen LogP contribution in [0.15, 0.2) is 30.5 Å². The van der Waals surface area contributed by atoms with E-state index in [9.17, 15) is 4.39 Å². The molecule has 0 unspecified atom stereocenters. The smallest absolute Gasteiger partial charge is 0.131 e. The van der Waals surface area contributed by atoms with Crippen molar-refractivity contribution >= 4 is 23.0 Å². The molecular formula is C15H17ClFN3. The highest BCUT2D eigenvalue weighted by Crippen LogP contribution is 2.27. The van der Waals surface area contributed by atoms with Gasteiger partial charge in [-0.3, -0.25) is 0 Å². The van der Waals surface area contributed by atoms with Crippen molar-refractivity contribution in [2.24, 2.45) is 0 Å². The summed E-state index contributed by atoms with van der Waals surface area (Å²) < 4.78 is 13.0. The molecule has 0 atom stereocenters. The van der Waals surface area contributed by atoms with E-state index in [4.69, 9.17) is 11.6 Å². The molecule has 2 aromatic rings. The van der Waals surface area contributed by atoms with Gasteiger partial charge < -0.3 is 4.90 Å². The highest BCUT2D eigenvalue weighted by atomic mass is 35.5. The molecule has 1 heterocycles. The molecule has 0 aliphatic carbocycles. The first-order chi connectivity index (χ1) is 9.52. The fourth-order valence-corrected chi connectivity index (χ4v) is 2.08. The Balaban J connectivity index is 2.38. The van der Waals surface area contributed by atoms with Gasteiger partial charge in [0.2, 0.25) is 0 Å². The van der Waals surface area contributed by atoms with Crippen LogP contribution in [0.2, 0.25) is 0 Å². The van der Waals surface area contributed by atoms with Crippen LogP contribution in [0.1, 0.15) is 31.3 Å². The maximum absolute atomic E-state index is 13.0. The number of aromatic nitrogens is 2. The van der Waals surface area contributed by atoms with Gasteiger partial charge in [0.1, 0.15) is 11.6 Å². The Morgan fingerprint density at radius 3 is 2.45 bits per heavy atom. The first-order valence-electron chi connectivity index (χ1n) is 6.44. The molecule has 0 aliphatic rings. The molecule has 106 valence electrons. The number of hydrogen-bond donors (Lipinski definition) is 0. The first kappa shape index (κ1) is 14.7. The predicted octanol–water partition coefficient (Wildman–Crippen LogP) is 4.25. The van der Waals surface area contributed by atoms with Gasteiger partial charge >= 0.3 is 0 Å². The van der Waals surface area contributed by atoms with E-state index in [0.29, 0.717) is 5.88 Å². The quantitative estimate of drug-likeness (QED) is 0.789. The van der Waals surface area contributed by atoms with Crippen LogP contribution in [0.4, 0.5) is 15.8 Å². The van der Waals surface area contributed by atoms with Crippen LogP contribution < -0.4 is 4.90 Å². The number of benzene rings is 1. The predicted molar refractivity (Wildman–Crippen MR) is 80.1 cm³/mol. The average molecular weight is 294 g/mol. The van der Waals surface area contributed by atoms with Crippen LogP contribution in [-0.4, -0.2) is 17.0 Å². The lowest BCUT2D eigenvalue weighted by atomic mass is 10.2. The number of nitrogens with zero attached hydrogens (tertiary/aromatic N) is 3. The molecular weight excluding hydrogens is 277 g/mol. The molecule has 0 N–H and O–H groups in total. The van der Waals surface area contributed by atoms with Crippen LogP contribution in [0, 0.1) is 5.82 Å². The van der Waals surface area contributed by atoms with Gasteiger partial charge in [0.05, 0.1) is 23.5 Å². The van der Waals surface area contributed by atoms with Crippen LogP contribution in [-0.2, 0) is 5.88 Å². The van der Waals surface area contributed by atoms with Gasteiger partial charge in [0, 0.05) is 18.7 Å². The molecule has 0 saturated carbocycles. The molecule has 0 radical (unpaired) electrons. The summed E-state index contributed by atoms with van der Waals surface area (Å²) in [5, 5.41) is 0. The summed E-state index contributed by atoms with van der Waals surface area (Å²) >= 11 is 5.99. The van der Waals surface area contributed by atoms with Crippen molar-refractivity contribution in [1.82, 2.24) is 9.97 Å². The molecule has 0 amide bonds. The Kier molecular flexibility index (Phi) is 4.55. The van der Waals surface area contributed by atoms with E-state index in [2.05, 4.69) is 9.97 Å². The van der Waals surface area contributed by atoms with Crippen molar-refractivity contribution in [1.29, 1.82) is 0 Å². The van der Waals surface area contributed by atoms with Crippen LogP contribution in [0.25, 0.3) is 0 Å². The van der Waals surface area contributed by atoms with Crippen LogP contribution >= 0.6 is 11.6 Å². The van der Waals surface area contributed by atoms with Gasteiger partial charge in [-0.1, -0.05) is 13.8 Å². The Bertz CT molecular complexity index is 584. The van der Waals surface area contributed by atoms with E-state index >= 15 is 0 Å². The summed E-state index contributed by atoms with van der Waals surface area (Å²) in [5.41, 5.74) is 2.46. The maximum Gasteiger partial charge on any atom is 0.131 e. The van der Waals surface area contributed by atoms with Gasteiger partial charge in [-0.05, 0) is 24.3 Å². The van der Waals surface area contributed by atoms with E-state index in [1.807, 2.05) is 25.8 Å². The molecule has 0 bridgehead atoms. The second kappa shape index (κ2) is 6.18. The van der Waals surface area contributed by atoms with E-state index in [0.717, 1.165) is 22.9 Å². The van der Waals surface area contributed by atoms with Crippen LogP contribution in [0.5, 0.6) is 0 Å². The lowest BCUT2D eigenvalue weighted by molar-refractivity contribution is 0.628. The summed E-state index contributed by atoms with van der Waals surface area (Å²) in [6, 6.07) is 6.28. The zero-order valence-electron chi connectivity index (χ0n) is 11.8. The van der Waals surface area contributed by atoms with E-state index in [1.165, 1.54) is 12.1 Å². The van der Waals surface area contributed by atoms with Crippen molar-refractivity contribution in [3.05, 3.63) is 47.8 Å². The van der Waals surface area contributed by atoms with Gasteiger partial charge in [0.15, 0.2) is 0 Å². The Labute approximate surface area is 123 Å². The summed E-state index contributed by atoms with van der Waals surface area (Å²) in [7, 11) is 1.89. The summed E-state index contributed by atoms with van der Waals surface area (Å²) in [4.78, 5) is 10.8. The third-order valence-electron chi connectivity index (χ3n) is 3.08. The molecule has 1 aromatic carbocycles. The van der Waals surface area contributed by atoms with Crippen molar-refractivity contribution in [3.63, 3.8) is 0 Å². The molecule has 5 heteroatoms. The Hall–Kier alpha value is -1.68. The number of rotatable bonds is 4. The number of anilines is 2. The van der Waals surface area contributed by atoms with Crippen LogP contribution in [0.3, 0.4) is 0 Å². The third kappa shape index (κ3) is 3.07. The molecule has 0 saturated heterocycles. The molecule has 0 aliphatic heterocycles.